The van der Waals surface area contributed by atoms with E-state index >= 15 is 0 Å². The third-order valence-electron chi connectivity index (χ3n) is 5.33. The molecular formula is C23H20FN5O2. The number of benzene rings is 1. The van der Waals surface area contributed by atoms with Crippen molar-refractivity contribution in [1.82, 2.24) is 19.6 Å². The van der Waals surface area contributed by atoms with E-state index in [-0.39, 0.29) is 11.7 Å². The van der Waals surface area contributed by atoms with Gasteiger partial charge in [-0.05, 0) is 67.8 Å². The molecule has 0 saturated carbocycles. The summed E-state index contributed by atoms with van der Waals surface area (Å²) in [6.45, 7) is 2.32. The predicted octanol–water partition coefficient (Wildman–Crippen LogP) is 4.02. The van der Waals surface area contributed by atoms with Crippen molar-refractivity contribution in [3.8, 4) is 22.5 Å². The zero-order chi connectivity index (χ0) is 21.4. The summed E-state index contributed by atoms with van der Waals surface area (Å²) in [7, 11) is 0. The summed E-state index contributed by atoms with van der Waals surface area (Å²) in [4.78, 5) is 21.5. The Morgan fingerprint density at radius 1 is 1.19 bits per heavy atom. The highest BCUT2D eigenvalue weighted by molar-refractivity contribution is 5.94. The highest BCUT2D eigenvalue weighted by Gasteiger charge is 2.24. The minimum Gasteiger partial charge on any atom is -0.368 e. The number of amides is 1. The van der Waals surface area contributed by atoms with E-state index in [0.717, 1.165) is 23.2 Å². The number of ether oxygens (including phenoxy) is 1. The van der Waals surface area contributed by atoms with Crippen molar-refractivity contribution < 1.29 is 13.9 Å². The second-order valence-electron chi connectivity index (χ2n) is 7.49. The van der Waals surface area contributed by atoms with Gasteiger partial charge in [-0.3, -0.25) is 4.79 Å². The number of aromatic nitrogens is 4. The van der Waals surface area contributed by atoms with Gasteiger partial charge >= 0.3 is 0 Å². The number of hydrogen-bond acceptors (Lipinski definition) is 5. The van der Waals surface area contributed by atoms with E-state index < -0.39 is 6.10 Å². The number of anilines is 1. The molecule has 0 spiro atoms. The summed E-state index contributed by atoms with van der Waals surface area (Å²) in [6.07, 6.45) is 4.44. The normalized spacial score (nSPS) is 16.0. The van der Waals surface area contributed by atoms with Gasteiger partial charge in [-0.1, -0.05) is 0 Å². The number of nitrogens with one attached hydrogen (secondary N) is 1. The van der Waals surface area contributed by atoms with Crippen molar-refractivity contribution in [2.45, 2.75) is 25.9 Å². The van der Waals surface area contributed by atoms with Crippen LogP contribution in [-0.4, -0.2) is 38.2 Å². The van der Waals surface area contributed by atoms with Crippen molar-refractivity contribution >= 4 is 17.4 Å². The van der Waals surface area contributed by atoms with Crippen LogP contribution in [0.25, 0.3) is 28.2 Å². The first kappa shape index (κ1) is 19.3. The van der Waals surface area contributed by atoms with Gasteiger partial charge in [0.2, 0.25) is 0 Å². The monoisotopic (exact) mass is 417 g/mol. The minimum atomic E-state index is -0.444. The first-order valence-electron chi connectivity index (χ1n) is 10.1. The maximum atomic E-state index is 13.8. The molecule has 1 amide bonds. The molecule has 3 aromatic heterocycles. The van der Waals surface area contributed by atoms with Crippen molar-refractivity contribution in [2.24, 2.45) is 0 Å². The van der Waals surface area contributed by atoms with Crippen molar-refractivity contribution in [1.29, 1.82) is 0 Å². The maximum absolute atomic E-state index is 13.8. The van der Waals surface area contributed by atoms with Crippen LogP contribution in [-0.2, 0) is 9.53 Å². The fraction of sp³-hybridized carbons (Fsp3) is 0.217. The minimum absolute atomic E-state index is 0.201. The number of imidazole rings is 1. The molecule has 1 aliphatic heterocycles. The van der Waals surface area contributed by atoms with E-state index in [4.69, 9.17) is 9.72 Å². The molecule has 1 aromatic carbocycles. The Morgan fingerprint density at radius 3 is 2.90 bits per heavy atom. The summed E-state index contributed by atoms with van der Waals surface area (Å²) in [5.74, 6) is -0.0480. The molecule has 1 N–H and O–H groups in total. The van der Waals surface area contributed by atoms with Gasteiger partial charge in [0.05, 0.1) is 5.69 Å². The van der Waals surface area contributed by atoms with Gasteiger partial charge in [-0.25, -0.2) is 18.9 Å². The zero-order valence-electron chi connectivity index (χ0n) is 16.9. The first-order chi connectivity index (χ1) is 15.1. The summed E-state index contributed by atoms with van der Waals surface area (Å²) < 4.78 is 21.0. The smallest absolute Gasteiger partial charge is 0.254 e. The lowest BCUT2D eigenvalue weighted by Crippen LogP contribution is -2.27. The average Bonchev–Trinajstić information content (AvgIpc) is 3.44. The average molecular weight is 417 g/mol. The van der Waals surface area contributed by atoms with E-state index in [1.54, 1.807) is 42.0 Å². The summed E-state index contributed by atoms with van der Waals surface area (Å²) in [6, 6.07) is 12.2. The molecule has 1 aliphatic rings. The SMILES string of the molecule is Cc1cc(-c2nc3cccnn3c2-c2ccnc(NC(=O)C3CCCO3)c2)ccc1F. The second-order valence-corrected chi connectivity index (χ2v) is 7.49. The van der Waals surface area contributed by atoms with Crippen LogP contribution < -0.4 is 5.32 Å². The highest BCUT2D eigenvalue weighted by atomic mass is 19.1. The lowest BCUT2D eigenvalue weighted by Gasteiger charge is -2.11. The van der Waals surface area contributed by atoms with E-state index in [2.05, 4.69) is 15.4 Å². The summed E-state index contributed by atoms with van der Waals surface area (Å²) in [5, 5.41) is 7.29. The molecular weight excluding hydrogens is 397 g/mol. The third-order valence-corrected chi connectivity index (χ3v) is 5.33. The second kappa shape index (κ2) is 7.88. The van der Waals surface area contributed by atoms with Crippen LogP contribution in [0.15, 0.2) is 54.9 Å². The van der Waals surface area contributed by atoms with E-state index in [9.17, 15) is 9.18 Å². The molecule has 0 aliphatic carbocycles. The van der Waals surface area contributed by atoms with Crippen LogP contribution in [0.5, 0.6) is 0 Å². The number of rotatable bonds is 4. The van der Waals surface area contributed by atoms with E-state index in [0.29, 0.717) is 35.8 Å². The number of halogens is 1. The Kier molecular flexibility index (Phi) is 4.91. The Balaban J connectivity index is 1.59. The van der Waals surface area contributed by atoms with Crippen LogP contribution in [0.3, 0.4) is 0 Å². The van der Waals surface area contributed by atoms with E-state index in [1.165, 1.54) is 6.07 Å². The van der Waals surface area contributed by atoms with Crippen LogP contribution in [0.2, 0.25) is 0 Å². The number of hydrogen-bond donors (Lipinski definition) is 1. The Hall–Kier alpha value is -3.65. The molecule has 156 valence electrons. The molecule has 31 heavy (non-hydrogen) atoms. The number of fused-ring (bicyclic) bond motifs is 1. The highest BCUT2D eigenvalue weighted by Crippen LogP contribution is 2.33. The molecule has 1 unspecified atom stereocenters. The Labute approximate surface area is 177 Å². The van der Waals surface area contributed by atoms with Crippen LogP contribution in [0.1, 0.15) is 18.4 Å². The van der Waals surface area contributed by atoms with Gasteiger partial charge in [-0.2, -0.15) is 5.10 Å². The van der Waals surface area contributed by atoms with Crippen molar-refractivity contribution in [3.63, 3.8) is 0 Å². The fourth-order valence-corrected chi connectivity index (χ4v) is 3.78. The summed E-state index contributed by atoms with van der Waals surface area (Å²) in [5.41, 5.74) is 4.16. The molecule has 0 radical (unpaired) electrons. The Morgan fingerprint density at radius 2 is 2.10 bits per heavy atom. The molecule has 5 rings (SSSR count). The molecule has 4 aromatic rings. The largest absolute Gasteiger partial charge is 0.368 e. The van der Waals surface area contributed by atoms with Crippen LogP contribution >= 0.6 is 0 Å². The standard InChI is InChI=1S/C23H20FN5O2/c1-14-12-15(6-7-17(14)24)21-22(29-20(28-21)5-2-9-26-29)16-8-10-25-19(13-16)27-23(30)18-4-3-11-31-18/h2,5-10,12-13,18H,3-4,11H2,1H3,(H,25,27,30). The summed E-state index contributed by atoms with van der Waals surface area (Å²) >= 11 is 0. The fourth-order valence-electron chi connectivity index (χ4n) is 3.78. The van der Waals surface area contributed by atoms with Gasteiger partial charge in [0.15, 0.2) is 5.65 Å². The molecule has 4 heterocycles. The van der Waals surface area contributed by atoms with Crippen molar-refractivity contribution in [2.75, 3.05) is 11.9 Å². The number of carbonyl (C=O) groups excluding carboxylic acids is 1. The molecule has 7 nitrogen and oxygen atoms in total. The number of pyridine rings is 1. The predicted molar refractivity (Wildman–Crippen MR) is 114 cm³/mol. The van der Waals surface area contributed by atoms with Crippen molar-refractivity contribution in [3.05, 3.63) is 66.2 Å². The number of nitrogens with zero attached hydrogens (tertiary/aromatic N) is 4. The molecule has 1 fully saturated rings. The van der Waals surface area contributed by atoms with Gasteiger partial charge in [0.25, 0.3) is 5.91 Å². The van der Waals surface area contributed by atoms with Gasteiger partial charge in [0.1, 0.15) is 23.4 Å². The van der Waals surface area contributed by atoms with Gasteiger partial charge in [-0.15, -0.1) is 0 Å². The van der Waals surface area contributed by atoms with E-state index in [1.807, 2.05) is 18.2 Å². The maximum Gasteiger partial charge on any atom is 0.254 e. The zero-order valence-corrected chi connectivity index (χ0v) is 16.9. The molecule has 0 bridgehead atoms. The molecule has 1 saturated heterocycles. The molecule has 8 heteroatoms. The quantitative estimate of drug-likeness (QED) is 0.542. The van der Waals surface area contributed by atoms with Crippen LogP contribution in [0.4, 0.5) is 10.2 Å². The lowest BCUT2D eigenvalue weighted by atomic mass is 10.0. The Bertz CT molecular complexity index is 1280. The lowest BCUT2D eigenvalue weighted by molar-refractivity contribution is -0.124. The molecule has 1 atom stereocenters. The number of aryl methyl sites for hydroxylation is 1. The van der Waals surface area contributed by atoms with Crippen LogP contribution in [0, 0.1) is 12.7 Å². The van der Waals surface area contributed by atoms with Gasteiger partial charge in [0, 0.05) is 30.1 Å². The van der Waals surface area contributed by atoms with Gasteiger partial charge < -0.3 is 10.1 Å². The number of carbonyl (C=O) groups is 1. The third kappa shape index (κ3) is 3.66. The first-order valence-corrected chi connectivity index (χ1v) is 10.1. The topological polar surface area (TPSA) is 81.4 Å².